The van der Waals surface area contributed by atoms with Gasteiger partial charge in [-0.3, -0.25) is 4.98 Å². The molecule has 18 heavy (non-hydrogen) atoms. The highest BCUT2D eigenvalue weighted by atomic mass is 32.2. The molecule has 0 N–H and O–H groups in total. The standard InChI is InChI=1S/C12H9FN2O2S/c1-17-12(16)10-6-14-7-11(15-10)18-9-4-2-3-8(13)5-9/h2-7H,1H3. The largest absolute Gasteiger partial charge is 0.464 e. The molecule has 0 aliphatic rings. The van der Waals surface area contributed by atoms with Crippen molar-refractivity contribution < 1.29 is 13.9 Å². The van der Waals surface area contributed by atoms with Gasteiger partial charge in [0.05, 0.1) is 19.5 Å². The summed E-state index contributed by atoms with van der Waals surface area (Å²) >= 11 is 1.22. The number of benzene rings is 1. The van der Waals surface area contributed by atoms with Gasteiger partial charge in [0.15, 0.2) is 5.69 Å². The van der Waals surface area contributed by atoms with Crippen LogP contribution in [0.25, 0.3) is 0 Å². The molecular formula is C12H9FN2O2S. The molecule has 0 aliphatic carbocycles. The van der Waals surface area contributed by atoms with Crippen molar-refractivity contribution >= 4 is 17.7 Å². The van der Waals surface area contributed by atoms with E-state index in [1.54, 1.807) is 12.1 Å². The maximum absolute atomic E-state index is 13.0. The maximum atomic E-state index is 13.0. The predicted molar refractivity (Wildman–Crippen MR) is 63.9 cm³/mol. The number of ether oxygens (including phenoxy) is 1. The number of aromatic nitrogens is 2. The number of nitrogens with zero attached hydrogens (tertiary/aromatic N) is 2. The van der Waals surface area contributed by atoms with Crippen molar-refractivity contribution in [3.63, 3.8) is 0 Å². The van der Waals surface area contributed by atoms with Crippen molar-refractivity contribution in [2.24, 2.45) is 0 Å². The number of esters is 1. The molecular weight excluding hydrogens is 255 g/mol. The predicted octanol–water partition coefficient (Wildman–Crippen LogP) is 2.55. The first kappa shape index (κ1) is 12.5. The Hall–Kier alpha value is -1.95. The van der Waals surface area contributed by atoms with Crippen LogP contribution in [0.2, 0.25) is 0 Å². The Kier molecular flexibility index (Phi) is 3.88. The lowest BCUT2D eigenvalue weighted by atomic mass is 10.4. The topological polar surface area (TPSA) is 52.1 Å². The Morgan fingerprint density at radius 3 is 2.94 bits per heavy atom. The van der Waals surface area contributed by atoms with E-state index in [0.717, 1.165) is 0 Å². The zero-order chi connectivity index (χ0) is 13.0. The van der Waals surface area contributed by atoms with Crippen LogP contribution in [0, 0.1) is 5.82 Å². The smallest absolute Gasteiger partial charge is 0.358 e. The lowest BCUT2D eigenvalue weighted by Crippen LogP contribution is -2.05. The number of carbonyl (C=O) groups is 1. The van der Waals surface area contributed by atoms with Gasteiger partial charge in [-0.2, -0.15) is 0 Å². The first-order valence-corrected chi connectivity index (χ1v) is 5.84. The number of carbonyl (C=O) groups excluding carboxylic acids is 1. The van der Waals surface area contributed by atoms with Gasteiger partial charge in [0.1, 0.15) is 10.8 Å². The third-order valence-corrected chi connectivity index (χ3v) is 2.92. The molecule has 2 rings (SSSR count). The molecule has 0 spiro atoms. The highest BCUT2D eigenvalue weighted by Crippen LogP contribution is 2.25. The second-order valence-electron chi connectivity index (χ2n) is 3.29. The van der Waals surface area contributed by atoms with Gasteiger partial charge in [0, 0.05) is 4.90 Å². The number of hydrogen-bond donors (Lipinski definition) is 0. The Balaban J connectivity index is 2.22. The van der Waals surface area contributed by atoms with E-state index in [-0.39, 0.29) is 11.5 Å². The van der Waals surface area contributed by atoms with Crippen LogP contribution in [0.4, 0.5) is 4.39 Å². The molecule has 0 fully saturated rings. The Morgan fingerprint density at radius 2 is 2.22 bits per heavy atom. The second kappa shape index (κ2) is 5.59. The molecule has 6 heteroatoms. The molecule has 0 radical (unpaired) electrons. The Labute approximate surface area is 107 Å². The van der Waals surface area contributed by atoms with E-state index < -0.39 is 5.97 Å². The van der Waals surface area contributed by atoms with Crippen molar-refractivity contribution in [3.05, 3.63) is 48.2 Å². The van der Waals surface area contributed by atoms with E-state index in [9.17, 15) is 9.18 Å². The highest BCUT2D eigenvalue weighted by Gasteiger charge is 2.09. The van der Waals surface area contributed by atoms with Crippen LogP contribution in [0.15, 0.2) is 46.6 Å². The quantitative estimate of drug-likeness (QED) is 0.797. The number of rotatable bonds is 3. The summed E-state index contributed by atoms with van der Waals surface area (Å²) in [4.78, 5) is 19.9. The van der Waals surface area contributed by atoms with Crippen LogP contribution in [-0.2, 0) is 4.74 Å². The van der Waals surface area contributed by atoms with Gasteiger partial charge in [-0.25, -0.2) is 14.2 Å². The maximum Gasteiger partial charge on any atom is 0.358 e. The summed E-state index contributed by atoms with van der Waals surface area (Å²) < 4.78 is 17.6. The molecule has 0 bridgehead atoms. The molecule has 1 heterocycles. The lowest BCUT2D eigenvalue weighted by molar-refractivity contribution is 0.0592. The van der Waals surface area contributed by atoms with E-state index in [2.05, 4.69) is 14.7 Å². The molecule has 0 saturated carbocycles. The van der Waals surface area contributed by atoms with Gasteiger partial charge in [-0.05, 0) is 18.2 Å². The van der Waals surface area contributed by atoms with Gasteiger partial charge in [-0.15, -0.1) is 0 Å². The van der Waals surface area contributed by atoms with Crippen LogP contribution in [0.5, 0.6) is 0 Å². The average molecular weight is 264 g/mol. The summed E-state index contributed by atoms with van der Waals surface area (Å²) in [5.41, 5.74) is 0.124. The number of halogens is 1. The lowest BCUT2D eigenvalue weighted by Gasteiger charge is -2.02. The Morgan fingerprint density at radius 1 is 1.39 bits per heavy atom. The van der Waals surface area contributed by atoms with Gasteiger partial charge < -0.3 is 4.74 Å². The minimum atomic E-state index is -0.552. The first-order valence-electron chi connectivity index (χ1n) is 5.03. The molecule has 1 aromatic carbocycles. The molecule has 92 valence electrons. The summed E-state index contributed by atoms with van der Waals surface area (Å²) in [6.07, 6.45) is 2.82. The van der Waals surface area contributed by atoms with E-state index >= 15 is 0 Å². The van der Waals surface area contributed by atoms with Crippen molar-refractivity contribution in [2.75, 3.05) is 7.11 Å². The van der Waals surface area contributed by atoms with Gasteiger partial charge in [0.25, 0.3) is 0 Å². The summed E-state index contributed by atoms with van der Waals surface area (Å²) in [6.45, 7) is 0. The third kappa shape index (κ3) is 3.04. The van der Waals surface area contributed by atoms with Crippen molar-refractivity contribution in [1.82, 2.24) is 9.97 Å². The molecule has 0 aliphatic heterocycles. The fourth-order valence-corrected chi connectivity index (χ4v) is 2.07. The first-order chi connectivity index (χ1) is 8.69. The van der Waals surface area contributed by atoms with Gasteiger partial charge in [-0.1, -0.05) is 17.8 Å². The van der Waals surface area contributed by atoms with Crippen molar-refractivity contribution in [3.8, 4) is 0 Å². The molecule has 0 saturated heterocycles. The van der Waals surface area contributed by atoms with Gasteiger partial charge >= 0.3 is 5.97 Å². The minimum Gasteiger partial charge on any atom is -0.464 e. The molecule has 0 atom stereocenters. The zero-order valence-corrected chi connectivity index (χ0v) is 10.3. The van der Waals surface area contributed by atoms with E-state index in [1.165, 1.54) is 43.4 Å². The molecule has 0 unspecified atom stereocenters. The average Bonchev–Trinajstić information content (AvgIpc) is 2.38. The van der Waals surface area contributed by atoms with Crippen LogP contribution in [0.3, 0.4) is 0 Å². The second-order valence-corrected chi connectivity index (χ2v) is 4.39. The normalized spacial score (nSPS) is 10.1. The Bertz CT molecular complexity index is 578. The molecule has 2 aromatic rings. The van der Waals surface area contributed by atoms with Crippen LogP contribution >= 0.6 is 11.8 Å². The molecule has 1 aromatic heterocycles. The van der Waals surface area contributed by atoms with Crippen LogP contribution in [0.1, 0.15) is 10.5 Å². The molecule has 4 nitrogen and oxygen atoms in total. The van der Waals surface area contributed by atoms with Crippen LogP contribution < -0.4 is 0 Å². The van der Waals surface area contributed by atoms with Crippen LogP contribution in [-0.4, -0.2) is 23.0 Å². The third-order valence-electron chi connectivity index (χ3n) is 2.03. The van der Waals surface area contributed by atoms with E-state index in [4.69, 9.17) is 0 Å². The van der Waals surface area contributed by atoms with Crippen molar-refractivity contribution in [2.45, 2.75) is 9.92 Å². The summed E-state index contributed by atoms with van der Waals surface area (Å²) in [5.74, 6) is -0.874. The monoisotopic (exact) mass is 264 g/mol. The highest BCUT2D eigenvalue weighted by molar-refractivity contribution is 7.99. The summed E-state index contributed by atoms with van der Waals surface area (Å²) in [7, 11) is 1.27. The van der Waals surface area contributed by atoms with Gasteiger partial charge in [0.2, 0.25) is 0 Å². The fourth-order valence-electron chi connectivity index (χ4n) is 1.25. The summed E-state index contributed by atoms with van der Waals surface area (Å²) in [5, 5.41) is 0.503. The SMILES string of the molecule is COC(=O)c1cncc(Sc2cccc(F)c2)n1. The zero-order valence-electron chi connectivity index (χ0n) is 9.46. The summed E-state index contributed by atoms with van der Waals surface area (Å²) in [6, 6.07) is 6.10. The number of hydrogen-bond acceptors (Lipinski definition) is 5. The van der Waals surface area contributed by atoms with E-state index in [1.807, 2.05) is 0 Å². The fraction of sp³-hybridized carbons (Fsp3) is 0.0833. The minimum absolute atomic E-state index is 0.124. The number of methoxy groups -OCH3 is 1. The molecule has 0 amide bonds. The van der Waals surface area contributed by atoms with E-state index in [0.29, 0.717) is 9.92 Å². The van der Waals surface area contributed by atoms with Crippen molar-refractivity contribution in [1.29, 1.82) is 0 Å².